The Balaban J connectivity index is 2.46. The Bertz CT molecular complexity index is 859. The zero-order valence-corrected chi connectivity index (χ0v) is 21.2. The van der Waals surface area contributed by atoms with E-state index in [4.69, 9.17) is 37.9 Å². The zero-order valence-electron chi connectivity index (χ0n) is 21.2. The van der Waals surface area contributed by atoms with E-state index in [0.717, 1.165) is 34.6 Å². The predicted molar refractivity (Wildman–Crippen MR) is 115 cm³/mol. The highest BCUT2D eigenvalue weighted by atomic mass is 16.8. The Kier molecular flexibility index (Phi) is 10.8. The van der Waals surface area contributed by atoms with Crippen molar-refractivity contribution in [2.24, 2.45) is 0 Å². The molecule has 2 saturated heterocycles. The number of carbonyl (C=O) groups excluding carboxylic acids is 5. The topological polar surface area (TPSA) is 200 Å². The lowest BCUT2D eigenvalue weighted by molar-refractivity contribution is -0.360. The summed E-state index contributed by atoms with van der Waals surface area (Å²) in [4.78, 5) is 58.6. The van der Waals surface area contributed by atoms with Crippen LogP contribution in [0.2, 0.25) is 0 Å². The van der Waals surface area contributed by atoms with Gasteiger partial charge in [0.1, 0.15) is 24.9 Å². The van der Waals surface area contributed by atoms with Crippen molar-refractivity contribution in [3.63, 3.8) is 0 Å². The first kappa shape index (κ1) is 30.4. The van der Waals surface area contributed by atoms with Crippen LogP contribution >= 0.6 is 0 Å². The van der Waals surface area contributed by atoms with E-state index in [-0.39, 0.29) is 0 Å². The van der Waals surface area contributed by atoms with Crippen LogP contribution in [0.1, 0.15) is 41.5 Å². The van der Waals surface area contributed by atoms with Crippen molar-refractivity contribution >= 4 is 29.8 Å². The highest BCUT2D eigenvalue weighted by Gasteiger charge is 2.55. The van der Waals surface area contributed by atoms with Crippen LogP contribution in [-0.2, 0) is 61.9 Å². The molecule has 37 heavy (non-hydrogen) atoms. The molecule has 10 atom stereocenters. The van der Waals surface area contributed by atoms with Gasteiger partial charge in [-0.05, 0) is 6.92 Å². The minimum absolute atomic E-state index is 0.503. The normalized spacial score (nSPS) is 35.6. The summed E-state index contributed by atoms with van der Waals surface area (Å²) in [5.41, 5.74) is 0. The molecule has 15 heteroatoms. The van der Waals surface area contributed by atoms with Gasteiger partial charge >= 0.3 is 29.8 Å². The van der Waals surface area contributed by atoms with E-state index in [1.165, 1.54) is 6.92 Å². The quantitative estimate of drug-likeness (QED) is 0.267. The number of esters is 5. The van der Waals surface area contributed by atoms with Crippen LogP contribution in [-0.4, -0.2) is 108 Å². The van der Waals surface area contributed by atoms with E-state index in [0.29, 0.717) is 0 Å². The molecule has 2 heterocycles. The summed E-state index contributed by atoms with van der Waals surface area (Å²) in [5, 5.41) is 21.3. The number of ether oxygens (including phenoxy) is 8. The Morgan fingerprint density at radius 1 is 0.649 bits per heavy atom. The Hall–Kier alpha value is -2.85. The molecule has 0 radical (unpaired) electrons. The number of carbonyl (C=O) groups is 5. The van der Waals surface area contributed by atoms with Crippen LogP contribution < -0.4 is 0 Å². The molecule has 0 unspecified atom stereocenters. The summed E-state index contributed by atoms with van der Waals surface area (Å²) in [5.74, 6) is -3.98. The molecule has 0 aromatic rings. The van der Waals surface area contributed by atoms with Crippen molar-refractivity contribution in [3.05, 3.63) is 0 Å². The molecule has 2 aliphatic heterocycles. The Labute approximate surface area is 212 Å². The highest BCUT2D eigenvalue weighted by molar-refractivity contribution is 5.69. The van der Waals surface area contributed by atoms with Gasteiger partial charge in [0, 0.05) is 34.6 Å². The van der Waals surface area contributed by atoms with Gasteiger partial charge in [-0.3, -0.25) is 24.0 Å². The van der Waals surface area contributed by atoms with E-state index < -0.39 is 97.9 Å². The van der Waals surface area contributed by atoms with Crippen molar-refractivity contribution in [1.82, 2.24) is 0 Å². The van der Waals surface area contributed by atoms with Gasteiger partial charge in [-0.1, -0.05) is 0 Å². The fraction of sp³-hybridized carbons (Fsp3) is 0.773. The minimum atomic E-state index is -1.76. The summed E-state index contributed by atoms with van der Waals surface area (Å²) < 4.78 is 42.7. The molecular weight excluding hydrogens is 504 g/mol. The zero-order chi connectivity index (χ0) is 28.0. The molecule has 2 fully saturated rings. The van der Waals surface area contributed by atoms with E-state index >= 15 is 0 Å². The first-order valence-corrected chi connectivity index (χ1v) is 11.4. The van der Waals surface area contributed by atoms with Crippen LogP contribution in [0.3, 0.4) is 0 Å². The lowest BCUT2D eigenvalue weighted by Gasteiger charge is -2.47. The SMILES string of the molecule is CC(=O)OC[C@H]1O[C@@H](O[C@@H]2[C@@H](O)[C@@H](OC(C)=O)[C@@H](C)O[C@@H]2O)[C@H](OC(C)=O)[C@@H](OC(C)=O)[C@@H]1OC(C)=O. The molecule has 0 amide bonds. The summed E-state index contributed by atoms with van der Waals surface area (Å²) in [6.45, 7) is 6.33. The Morgan fingerprint density at radius 3 is 1.65 bits per heavy atom. The lowest BCUT2D eigenvalue weighted by Crippen LogP contribution is -2.66. The maximum atomic E-state index is 11.9. The van der Waals surface area contributed by atoms with Crippen molar-refractivity contribution in [2.75, 3.05) is 6.61 Å². The van der Waals surface area contributed by atoms with E-state index in [9.17, 15) is 34.2 Å². The van der Waals surface area contributed by atoms with Gasteiger partial charge in [0.2, 0.25) is 0 Å². The van der Waals surface area contributed by atoms with Gasteiger partial charge in [0.25, 0.3) is 0 Å². The molecular formula is C22H32O15. The third kappa shape index (κ3) is 8.33. The maximum Gasteiger partial charge on any atom is 0.303 e. The predicted octanol–water partition coefficient (Wildman–Crippen LogP) is -1.52. The molecule has 2 aliphatic rings. The molecule has 15 nitrogen and oxygen atoms in total. The summed E-state index contributed by atoms with van der Waals surface area (Å²) in [7, 11) is 0. The fourth-order valence-electron chi connectivity index (χ4n) is 3.97. The number of aliphatic hydroxyl groups excluding tert-OH is 2. The van der Waals surface area contributed by atoms with Gasteiger partial charge in [-0.2, -0.15) is 0 Å². The largest absolute Gasteiger partial charge is 0.463 e. The maximum absolute atomic E-state index is 11.9. The van der Waals surface area contributed by atoms with Crippen molar-refractivity contribution < 1.29 is 72.1 Å². The third-order valence-corrected chi connectivity index (χ3v) is 5.31. The number of rotatable bonds is 8. The Morgan fingerprint density at radius 2 is 1.14 bits per heavy atom. The van der Waals surface area contributed by atoms with Gasteiger partial charge in [-0.25, -0.2) is 0 Å². The molecule has 0 spiro atoms. The van der Waals surface area contributed by atoms with E-state index in [2.05, 4.69) is 0 Å². The van der Waals surface area contributed by atoms with Gasteiger partial charge in [0.15, 0.2) is 37.0 Å². The average Bonchev–Trinajstić information content (AvgIpc) is 2.75. The van der Waals surface area contributed by atoms with Crippen molar-refractivity contribution in [3.8, 4) is 0 Å². The second-order valence-corrected chi connectivity index (χ2v) is 8.46. The molecule has 0 saturated carbocycles. The smallest absolute Gasteiger partial charge is 0.303 e. The summed E-state index contributed by atoms with van der Waals surface area (Å²) in [6, 6.07) is 0. The standard InChI is InChI=1S/C22H32O15/c1-8-16(32-10(3)24)15(28)18(21(29)31-8)37-22-20(35-13(6)27)19(34-12(5)26)17(33-11(4)25)14(36-22)7-30-9(2)23/h8,14-22,28-29H,7H2,1-6H3/t8-,14-,15+,16+,17-,18-,19+,20-,21+,22+/m1/s1. The van der Waals surface area contributed by atoms with Crippen LogP contribution in [0.25, 0.3) is 0 Å². The second-order valence-electron chi connectivity index (χ2n) is 8.46. The minimum Gasteiger partial charge on any atom is -0.463 e. The monoisotopic (exact) mass is 536 g/mol. The van der Waals surface area contributed by atoms with E-state index in [1.807, 2.05) is 0 Å². The first-order chi connectivity index (χ1) is 17.2. The molecule has 210 valence electrons. The van der Waals surface area contributed by atoms with Crippen LogP contribution in [0.15, 0.2) is 0 Å². The first-order valence-electron chi connectivity index (χ1n) is 11.4. The third-order valence-electron chi connectivity index (χ3n) is 5.31. The molecule has 0 bridgehead atoms. The number of aliphatic hydroxyl groups is 2. The van der Waals surface area contributed by atoms with Crippen LogP contribution in [0, 0.1) is 0 Å². The van der Waals surface area contributed by atoms with Gasteiger partial charge in [0.05, 0.1) is 6.10 Å². The van der Waals surface area contributed by atoms with Crippen molar-refractivity contribution in [2.45, 2.75) is 103 Å². The van der Waals surface area contributed by atoms with Gasteiger partial charge in [-0.15, -0.1) is 0 Å². The number of hydrogen-bond acceptors (Lipinski definition) is 15. The molecule has 2 rings (SSSR count). The van der Waals surface area contributed by atoms with Crippen LogP contribution in [0.5, 0.6) is 0 Å². The van der Waals surface area contributed by atoms with E-state index in [1.54, 1.807) is 0 Å². The molecule has 0 aromatic heterocycles. The van der Waals surface area contributed by atoms with Gasteiger partial charge < -0.3 is 48.1 Å². The van der Waals surface area contributed by atoms with Crippen LogP contribution in [0.4, 0.5) is 0 Å². The molecule has 2 N–H and O–H groups in total. The lowest BCUT2D eigenvalue weighted by atomic mass is 9.96. The number of hydrogen-bond donors (Lipinski definition) is 2. The summed E-state index contributed by atoms with van der Waals surface area (Å²) >= 11 is 0. The summed E-state index contributed by atoms with van der Waals surface area (Å²) in [6.07, 6.45) is -14.7. The highest BCUT2D eigenvalue weighted by Crippen LogP contribution is 2.33. The molecule has 0 aromatic carbocycles. The van der Waals surface area contributed by atoms with Crippen molar-refractivity contribution in [1.29, 1.82) is 0 Å². The molecule has 0 aliphatic carbocycles. The second kappa shape index (κ2) is 13.1. The average molecular weight is 536 g/mol. The fourth-order valence-corrected chi connectivity index (χ4v) is 3.97.